The highest BCUT2D eigenvalue weighted by molar-refractivity contribution is 5.69. The quantitative estimate of drug-likeness (QED) is 0.642. The van der Waals surface area contributed by atoms with Crippen LogP contribution in [-0.4, -0.2) is 35.2 Å². The first-order valence-electron chi connectivity index (χ1n) is 9.01. The largest absolute Gasteiger partial charge is 0.463 e. The smallest absolute Gasteiger partial charge is 0.305 e. The number of hydrogen-bond donors (Lipinski definition) is 1. The van der Waals surface area contributed by atoms with Crippen molar-refractivity contribution in [2.45, 2.75) is 39.0 Å². The molecule has 0 aromatic heterocycles. The van der Waals surface area contributed by atoms with Crippen LogP contribution in [0.15, 0.2) is 48.5 Å². The summed E-state index contributed by atoms with van der Waals surface area (Å²) in [6.07, 6.45) is 0.0817. The molecular weight excluding hydrogens is 352 g/mol. The molecule has 0 amide bonds. The Labute approximate surface area is 158 Å². The number of halogens is 2. The second-order valence-corrected chi connectivity index (χ2v) is 6.48. The molecule has 146 valence electrons. The highest BCUT2D eigenvalue weighted by Gasteiger charge is 2.16. The van der Waals surface area contributed by atoms with Gasteiger partial charge in [0.15, 0.2) is 0 Å². The zero-order chi connectivity index (χ0) is 19.6. The van der Waals surface area contributed by atoms with Gasteiger partial charge in [-0.25, -0.2) is 8.78 Å². The van der Waals surface area contributed by atoms with Gasteiger partial charge in [-0.3, -0.25) is 9.69 Å². The molecule has 0 radical (unpaired) electrons. The molecule has 0 aliphatic heterocycles. The first-order valence-corrected chi connectivity index (χ1v) is 9.01. The molecular formula is C21H25F2NO3. The molecule has 4 nitrogen and oxygen atoms in total. The van der Waals surface area contributed by atoms with Gasteiger partial charge in [-0.2, -0.15) is 0 Å². The van der Waals surface area contributed by atoms with Gasteiger partial charge in [-0.1, -0.05) is 43.3 Å². The van der Waals surface area contributed by atoms with Crippen LogP contribution in [0.2, 0.25) is 0 Å². The minimum absolute atomic E-state index is 0.115. The molecule has 0 fully saturated rings. The molecule has 0 aliphatic rings. The third-order valence-corrected chi connectivity index (χ3v) is 4.02. The van der Waals surface area contributed by atoms with Crippen LogP contribution in [0, 0.1) is 11.6 Å². The fourth-order valence-corrected chi connectivity index (χ4v) is 2.73. The topological polar surface area (TPSA) is 49.8 Å². The Morgan fingerprint density at radius 1 is 1.15 bits per heavy atom. The lowest BCUT2D eigenvalue weighted by Crippen LogP contribution is -2.35. The van der Waals surface area contributed by atoms with Crippen LogP contribution < -0.4 is 0 Å². The maximum Gasteiger partial charge on any atom is 0.305 e. The molecule has 1 atom stereocenters. The number of nitrogens with zero attached hydrogens (tertiary/aromatic N) is 1. The van der Waals surface area contributed by atoms with Gasteiger partial charge < -0.3 is 9.84 Å². The Bertz CT molecular complexity index is 725. The molecule has 6 heteroatoms. The summed E-state index contributed by atoms with van der Waals surface area (Å²) in [6, 6.07) is 13.0. The van der Waals surface area contributed by atoms with Crippen molar-refractivity contribution in [3.63, 3.8) is 0 Å². The van der Waals surface area contributed by atoms with E-state index in [1.165, 1.54) is 12.1 Å². The number of esters is 1. The summed E-state index contributed by atoms with van der Waals surface area (Å²) in [5.74, 6) is -1.61. The Morgan fingerprint density at radius 3 is 2.56 bits per heavy atom. The van der Waals surface area contributed by atoms with Crippen molar-refractivity contribution in [3.05, 3.63) is 71.3 Å². The fraction of sp³-hybridized carbons (Fsp3) is 0.381. The summed E-state index contributed by atoms with van der Waals surface area (Å²) in [6.45, 7) is 2.61. The summed E-state index contributed by atoms with van der Waals surface area (Å²) >= 11 is 0. The molecule has 2 aromatic carbocycles. The van der Waals surface area contributed by atoms with Crippen molar-refractivity contribution in [1.82, 2.24) is 4.90 Å². The number of carbonyl (C=O) groups is 1. The van der Waals surface area contributed by atoms with E-state index in [1.807, 2.05) is 42.2 Å². The van der Waals surface area contributed by atoms with Gasteiger partial charge in [0.1, 0.15) is 24.3 Å². The maximum atomic E-state index is 14.0. The predicted octanol–water partition coefficient (Wildman–Crippen LogP) is 3.67. The van der Waals surface area contributed by atoms with Crippen molar-refractivity contribution in [1.29, 1.82) is 0 Å². The molecule has 1 unspecified atom stereocenters. The highest BCUT2D eigenvalue weighted by Crippen LogP contribution is 2.15. The van der Waals surface area contributed by atoms with Gasteiger partial charge in [-0.15, -0.1) is 0 Å². The predicted molar refractivity (Wildman–Crippen MR) is 98.8 cm³/mol. The van der Waals surface area contributed by atoms with Crippen LogP contribution in [0.3, 0.4) is 0 Å². The van der Waals surface area contributed by atoms with Crippen molar-refractivity contribution < 1.29 is 23.4 Å². The van der Waals surface area contributed by atoms with Crippen molar-refractivity contribution >= 4 is 5.97 Å². The van der Waals surface area contributed by atoms with Crippen LogP contribution >= 0.6 is 0 Å². The summed E-state index contributed by atoms with van der Waals surface area (Å²) in [7, 11) is 0. The van der Waals surface area contributed by atoms with E-state index >= 15 is 0 Å². The average molecular weight is 377 g/mol. The summed E-state index contributed by atoms with van der Waals surface area (Å²) in [4.78, 5) is 13.3. The van der Waals surface area contributed by atoms with E-state index in [2.05, 4.69) is 0 Å². The van der Waals surface area contributed by atoms with Gasteiger partial charge in [0.25, 0.3) is 0 Å². The summed E-state index contributed by atoms with van der Waals surface area (Å²) in [5, 5.41) is 10.2. The first kappa shape index (κ1) is 21.0. The van der Waals surface area contributed by atoms with E-state index in [1.54, 1.807) is 0 Å². The lowest BCUT2D eigenvalue weighted by molar-refractivity contribution is -0.147. The SMILES string of the molecule is CCCC(=O)OCC(O)CN(Cc1ccccc1)Cc1ccc(F)cc1F. The number of aliphatic hydroxyl groups is 1. The van der Waals surface area contributed by atoms with Gasteiger partial charge in [0, 0.05) is 37.7 Å². The molecule has 1 N–H and O–H groups in total. The number of benzene rings is 2. The maximum absolute atomic E-state index is 14.0. The Hall–Kier alpha value is -2.31. The van der Waals surface area contributed by atoms with Crippen molar-refractivity contribution in [2.75, 3.05) is 13.2 Å². The van der Waals surface area contributed by atoms with E-state index in [9.17, 15) is 18.7 Å². The number of carbonyl (C=O) groups excluding carboxylic acids is 1. The van der Waals surface area contributed by atoms with E-state index in [0.717, 1.165) is 11.6 Å². The van der Waals surface area contributed by atoms with Gasteiger partial charge in [0.05, 0.1) is 0 Å². The highest BCUT2D eigenvalue weighted by atomic mass is 19.1. The third-order valence-electron chi connectivity index (χ3n) is 4.02. The minimum atomic E-state index is -0.905. The second kappa shape index (κ2) is 10.7. The van der Waals surface area contributed by atoms with Crippen LogP contribution in [0.25, 0.3) is 0 Å². The number of hydrogen-bond acceptors (Lipinski definition) is 4. The average Bonchev–Trinajstić information content (AvgIpc) is 2.63. The Balaban J connectivity index is 2.03. The molecule has 2 rings (SSSR count). The lowest BCUT2D eigenvalue weighted by Gasteiger charge is -2.25. The number of ether oxygens (including phenoxy) is 1. The monoisotopic (exact) mass is 377 g/mol. The van der Waals surface area contributed by atoms with Crippen molar-refractivity contribution in [2.24, 2.45) is 0 Å². The van der Waals surface area contributed by atoms with Crippen LogP contribution in [-0.2, 0) is 22.6 Å². The van der Waals surface area contributed by atoms with Gasteiger partial charge in [0.2, 0.25) is 0 Å². The Morgan fingerprint density at radius 2 is 1.89 bits per heavy atom. The summed E-state index contributed by atoms with van der Waals surface area (Å²) < 4.78 is 32.2. The van der Waals surface area contributed by atoms with E-state index in [-0.39, 0.29) is 25.7 Å². The molecule has 0 saturated heterocycles. The molecule has 0 aliphatic carbocycles. The van der Waals surface area contributed by atoms with E-state index < -0.39 is 17.7 Å². The molecule has 0 saturated carbocycles. The van der Waals surface area contributed by atoms with Crippen LogP contribution in [0.4, 0.5) is 8.78 Å². The summed E-state index contributed by atoms with van der Waals surface area (Å²) in [5.41, 5.74) is 1.33. The zero-order valence-corrected chi connectivity index (χ0v) is 15.4. The van der Waals surface area contributed by atoms with Gasteiger partial charge in [-0.05, 0) is 18.1 Å². The van der Waals surface area contributed by atoms with Crippen molar-refractivity contribution in [3.8, 4) is 0 Å². The molecule has 0 heterocycles. The number of aliphatic hydroxyl groups excluding tert-OH is 1. The van der Waals surface area contributed by atoms with Gasteiger partial charge >= 0.3 is 5.97 Å². The van der Waals surface area contributed by atoms with E-state index in [4.69, 9.17) is 4.74 Å². The zero-order valence-electron chi connectivity index (χ0n) is 15.4. The fourth-order valence-electron chi connectivity index (χ4n) is 2.73. The first-order chi connectivity index (χ1) is 13.0. The molecule has 0 bridgehead atoms. The molecule has 27 heavy (non-hydrogen) atoms. The second-order valence-electron chi connectivity index (χ2n) is 6.48. The van der Waals surface area contributed by atoms with Crippen LogP contribution in [0.1, 0.15) is 30.9 Å². The van der Waals surface area contributed by atoms with Crippen LogP contribution in [0.5, 0.6) is 0 Å². The minimum Gasteiger partial charge on any atom is -0.463 e. The Kier molecular flexibility index (Phi) is 8.36. The molecule has 0 spiro atoms. The molecule has 2 aromatic rings. The van der Waals surface area contributed by atoms with E-state index in [0.29, 0.717) is 24.9 Å². The lowest BCUT2D eigenvalue weighted by atomic mass is 10.1. The standard InChI is InChI=1S/C21H25F2NO3/c1-2-6-21(26)27-15-19(25)14-24(12-16-7-4-3-5-8-16)13-17-9-10-18(22)11-20(17)23/h3-5,7-11,19,25H,2,6,12-15H2,1H3. The third kappa shape index (κ3) is 7.45. The number of rotatable bonds is 10. The normalized spacial score (nSPS) is 12.2.